The zero-order valence-electron chi connectivity index (χ0n) is 10.8. The molecule has 0 fully saturated rings. The van der Waals surface area contributed by atoms with E-state index in [0.717, 1.165) is 12.1 Å². The van der Waals surface area contributed by atoms with Gasteiger partial charge >= 0.3 is 0 Å². The summed E-state index contributed by atoms with van der Waals surface area (Å²) in [5.41, 5.74) is 1.23. The van der Waals surface area contributed by atoms with E-state index in [1.807, 2.05) is 0 Å². The molecular weight excluding hydrogens is 303 g/mol. The molecule has 21 heavy (non-hydrogen) atoms. The molecule has 0 aliphatic carbocycles. The summed E-state index contributed by atoms with van der Waals surface area (Å²) in [5.74, 6) is -3.65. The fraction of sp³-hybridized carbons (Fsp3) is 0.143. The molecule has 0 aliphatic rings. The van der Waals surface area contributed by atoms with Gasteiger partial charge in [-0.05, 0) is 13.0 Å². The fourth-order valence-corrected chi connectivity index (χ4v) is 2.31. The maximum absolute atomic E-state index is 13.5. The van der Waals surface area contributed by atoms with E-state index >= 15 is 0 Å². The summed E-state index contributed by atoms with van der Waals surface area (Å²) < 4.78 is 41.5. The molecule has 3 nitrogen and oxygen atoms in total. The summed E-state index contributed by atoms with van der Waals surface area (Å²) in [6.07, 6.45) is 3.05. The van der Waals surface area contributed by atoms with Gasteiger partial charge in [0.1, 0.15) is 11.3 Å². The molecule has 0 bridgehead atoms. The highest BCUT2D eigenvalue weighted by Crippen LogP contribution is 2.29. The van der Waals surface area contributed by atoms with Crippen molar-refractivity contribution in [1.82, 2.24) is 14.5 Å². The third kappa shape index (κ3) is 2.25. The van der Waals surface area contributed by atoms with Crippen LogP contribution in [0.1, 0.15) is 18.1 Å². The molecular formula is C14H9ClF3N3. The first-order valence-corrected chi connectivity index (χ1v) is 6.54. The van der Waals surface area contributed by atoms with E-state index in [-0.39, 0.29) is 5.69 Å². The van der Waals surface area contributed by atoms with Gasteiger partial charge in [0.05, 0.1) is 22.8 Å². The quantitative estimate of drug-likeness (QED) is 0.526. The molecule has 3 aromatic rings. The highest BCUT2D eigenvalue weighted by Gasteiger charge is 2.19. The maximum Gasteiger partial charge on any atom is 0.194 e. The van der Waals surface area contributed by atoms with Gasteiger partial charge < -0.3 is 0 Å². The van der Waals surface area contributed by atoms with Gasteiger partial charge in [0.2, 0.25) is 0 Å². The average molecular weight is 312 g/mol. The van der Waals surface area contributed by atoms with Crippen LogP contribution in [0.4, 0.5) is 13.2 Å². The number of alkyl halides is 1. The van der Waals surface area contributed by atoms with E-state index in [9.17, 15) is 13.2 Å². The molecule has 3 rings (SSSR count). The molecule has 108 valence electrons. The minimum atomic E-state index is -1.51. The van der Waals surface area contributed by atoms with Gasteiger partial charge in [-0.2, -0.15) is 0 Å². The number of fused-ring (bicyclic) bond motifs is 1. The molecule has 0 amide bonds. The van der Waals surface area contributed by atoms with Crippen LogP contribution in [0.15, 0.2) is 30.6 Å². The van der Waals surface area contributed by atoms with Crippen molar-refractivity contribution in [3.05, 3.63) is 53.9 Å². The average Bonchev–Trinajstić information content (AvgIpc) is 2.84. The van der Waals surface area contributed by atoms with Gasteiger partial charge in [-0.25, -0.2) is 18.2 Å². The molecule has 1 aromatic carbocycles. The Balaban J connectivity index is 2.35. The van der Waals surface area contributed by atoms with Crippen LogP contribution in [0.25, 0.3) is 16.7 Å². The second-order valence-corrected chi connectivity index (χ2v) is 5.16. The molecule has 1 atom stereocenters. The van der Waals surface area contributed by atoms with Crippen LogP contribution in [0.3, 0.4) is 0 Å². The standard InChI is InChI=1S/C14H9ClF3N3/c1-7(15)14-20-11-6-19-3-2-12(11)21(14)8-4-9(16)13(18)10(17)5-8/h2-7H,1H3. The zero-order valence-corrected chi connectivity index (χ0v) is 11.6. The Kier molecular flexibility index (Phi) is 3.33. The van der Waals surface area contributed by atoms with Crippen molar-refractivity contribution < 1.29 is 13.2 Å². The molecule has 2 aromatic heterocycles. The second-order valence-electron chi connectivity index (χ2n) is 4.51. The molecule has 7 heteroatoms. The predicted molar refractivity (Wildman–Crippen MR) is 73.0 cm³/mol. The normalized spacial score (nSPS) is 12.8. The first kappa shape index (κ1) is 13.9. The number of benzene rings is 1. The predicted octanol–water partition coefficient (Wildman–Crippen LogP) is 4.14. The molecule has 0 N–H and O–H groups in total. The third-order valence-corrected chi connectivity index (χ3v) is 3.26. The van der Waals surface area contributed by atoms with Crippen LogP contribution in [0, 0.1) is 17.5 Å². The molecule has 2 heterocycles. The Morgan fingerprint density at radius 3 is 2.48 bits per heavy atom. The van der Waals surface area contributed by atoms with Crippen LogP contribution in [-0.4, -0.2) is 14.5 Å². The third-order valence-electron chi connectivity index (χ3n) is 3.07. The molecule has 0 aliphatic heterocycles. The van der Waals surface area contributed by atoms with E-state index in [2.05, 4.69) is 9.97 Å². The van der Waals surface area contributed by atoms with Crippen molar-refractivity contribution in [2.24, 2.45) is 0 Å². The molecule has 0 radical (unpaired) electrons. The van der Waals surface area contributed by atoms with Gasteiger partial charge in [0, 0.05) is 18.3 Å². The first-order chi connectivity index (χ1) is 9.99. The number of imidazole rings is 1. The molecule has 0 saturated carbocycles. The van der Waals surface area contributed by atoms with Crippen LogP contribution in [-0.2, 0) is 0 Å². The minimum Gasteiger partial charge on any atom is -0.295 e. The molecule has 0 saturated heterocycles. The monoisotopic (exact) mass is 311 g/mol. The number of halogens is 4. The summed E-state index contributed by atoms with van der Waals surface area (Å²) in [6, 6.07) is 3.45. The van der Waals surface area contributed by atoms with E-state index in [1.54, 1.807) is 13.0 Å². The summed E-state index contributed by atoms with van der Waals surface area (Å²) in [6.45, 7) is 1.68. The van der Waals surface area contributed by atoms with Crippen LogP contribution in [0.5, 0.6) is 0 Å². The Labute approximate surface area is 123 Å². The number of pyridine rings is 1. The summed E-state index contributed by atoms with van der Waals surface area (Å²) in [5, 5.41) is -0.506. The lowest BCUT2D eigenvalue weighted by molar-refractivity contribution is 0.446. The Morgan fingerprint density at radius 1 is 1.19 bits per heavy atom. The molecule has 1 unspecified atom stereocenters. The summed E-state index contributed by atoms with van der Waals surface area (Å²) in [7, 11) is 0. The van der Waals surface area contributed by atoms with Gasteiger partial charge in [0.25, 0.3) is 0 Å². The fourth-order valence-electron chi connectivity index (χ4n) is 2.16. The van der Waals surface area contributed by atoms with Crippen LogP contribution >= 0.6 is 11.6 Å². The number of hydrogen-bond donors (Lipinski definition) is 0. The topological polar surface area (TPSA) is 30.7 Å². The van der Waals surface area contributed by atoms with Crippen molar-refractivity contribution in [3.63, 3.8) is 0 Å². The summed E-state index contributed by atoms with van der Waals surface area (Å²) in [4.78, 5) is 8.24. The van der Waals surface area contributed by atoms with Gasteiger partial charge in [-0.15, -0.1) is 11.6 Å². The van der Waals surface area contributed by atoms with Gasteiger partial charge in [-0.3, -0.25) is 9.55 Å². The number of nitrogens with zero attached hydrogens (tertiary/aromatic N) is 3. The SMILES string of the molecule is CC(Cl)c1nc2cnccc2n1-c1cc(F)c(F)c(F)c1. The van der Waals surface area contributed by atoms with Crippen molar-refractivity contribution >= 4 is 22.6 Å². The first-order valence-electron chi connectivity index (χ1n) is 6.10. The zero-order chi connectivity index (χ0) is 15.1. The smallest absolute Gasteiger partial charge is 0.194 e. The van der Waals surface area contributed by atoms with Crippen molar-refractivity contribution in [2.75, 3.05) is 0 Å². The highest BCUT2D eigenvalue weighted by atomic mass is 35.5. The Bertz CT molecular complexity index is 806. The number of rotatable bonds is 2. The van der Waals surface area contributed by atoms with E-state index in [1.165, 1.54) is 17.0 Å². The lowest BCUT2D eigenvalue weighted by Gasteiger charge is -2.11. The summed E-state index contributed by atoms with van der Waals surface area (Å²) >= 11 is 6.08. The highest BCUT2D eigenvalue weighted by molar-refractivity contribution is 6.20. The Morgan fingerprint density at radius 2 is 1.86 bits per heavy atom. The van der Waals surface area contributed by atoms with Crippen molar-refractivity contribution in [2.45, 2.75) is 12.3 Å². The van der Waals surface area contributed by atoms with Crippen LogP contribution < -0.4 is 0 Å². The van der Waals surface area contributed by atoms with Crippen molar-refractivity contribution in [3.8, 4) is 5.69 Å². The maximum atomic E-state index is 13.5. The Hall–Kier alpha value is -2.08. The molecule has 0 spiro atoms. The number of aromatic nitrogens is 3. The van der Waals surface area contributed by atoms with Crippen molar-refractivity contribution in [1.29, 1.82) is 0 Å². The number of hydrogen-bond acceptors (Lipinski definition) is 2. The minimum absolute atomic E-state index is 0.114. The van der Waals surface area contributed by atoms with E-state index in [0.29, 0.717) is 16.9 Å². The lowest BCUT2D eigenvalue weighted by atomic mass is 10.2. The van der Waals surface area contributed by atoms with E-state index in [4.69, 9.17) is 11.6 Å². The second kappa shape index (κ2) is 5.04. The van der Waals surface area contributed by atoms with E-state index < -0.39 is 22.8 Å². The largest absolute Gasteiger partial charge is 0.295 e. The lowest BCUT2D eigenvalue weighted by Crippen LogP contribution is -2.04. The van der Waals surface area contributed by atoms with Gasteiger partial charge in [0.15, 0.2) is 17.5 Å². The van der Waals surface area contributed by atoms with Crippen LogP contribution in [0.2, 0.25) is 0 Å². The van der Waals surface area contributed by atoms with Gasteiger partial charge in [-0.1, -0.05) is 0 Å².